The Balaban J connectivity index is 2.27. The minimum Gasteiger partial charge on any atom is -0.470 e. The molecule has 0 bridgehead atoms. The maximum absolute atomic E-state index is 12.8. The van der Waals surface area contributed by atoms with Crippen LogP contribution in [-0.4, -0.2) is 62.2 Å². The van der Waals surface area contributed by atoms with Crippen molar-refractivity contribution in [2.45, 2.75) is 138 Å². The van der Waals surface area contributed by atoms with Crippen LogP contribution in [0.25, 0.3) is 11.2 Å². The molecule has 3 rings (SSSR count). The van der Waals surface area contributed by atoms with Crippen LogP contribution in [0.4, 0.5) is 10.7 Å². The lowest BCUT2D eigenvalue weighted by molar-refractivity contribution is -0.0401. The molecule has 45 heavy (non-hydrogen) atoms. The first kappa shape index (κ1) is 37.2. The number of carbonyl (C=O) groups is 1. The monoisotopic (exact) mass is 661 g/mol. The van der Waals surface area contributed by atoms with Gasteiger partial charge in [-0.1, -0.05) is 62.0 Å². The summed E-state index contributed by atoms with van der Waals surface area (Å²) in [5.41, 5.74) is -1.29. The highest BCUT2D eigenvalue weighted by atomic mass is 28.4. The molecule has 3 atom stereocenters. The van der Waals surface area contributed by atoms with Gasteiger partial charge < -0.3 is 18.3 Å². The first-order chi connectivity index (χ1) is 20.0. The van der Waals surface area contributed by atoms with Crippen molar-refractivity contribution in [3.8, 4) is 5.88 Å². The van der Waals surface area contributed by atoms with Crippen LogP contribution in [-0.2, 0) is 19.3 Å². The topological polar surface area (TPSA) is 110 Å². The summed E-state index contributed by atoms with van der Waals surface area (Å²) in [5, 5.41) is 2.76. The second-order valence-electron chi connectivity index (χ2n) is 17.6. The standard InChI is InChI=1S/C33H59N5O5Si2/c1-21-31(14,19-40-45(16,17)30(11,12)13)32(15,27(2,3)4)18-33(21,43-44)38-20-34-22-23(38)35-25(36-24(22)41-28(5,6)7)37-26(39)42-29(8,9)10/h20H,1,18-19H2,2-17,44H3,(H,35,36,37,39)/t31-,32-,33-/m0/s1. The Morgan fingerprint density at radius 2 is 1.60 bits per heavy atom. The number of imidazole rings is 1. The lowest BCUT2D eigenvalue weighted by atomic mass is 9.55. The van der Waals surface area contributed by atoms with E-state index in [9.17, 15) is 4.79 Å². The summed E-state index contributed by atoms with van der Waals surface area (Å²) in [7, 11) is -1.66. The van der Waals surface area contributed by atoms with E-state index in [1.807, 2.05) is 25.3 Å². The van der Waals surface area contributed by atoms with Crippen LogP contribution in [0.15, 0.2) is 18.5 Å². The van der Waals surface area contributed by atoms with E-state index in [1.54, 1.807) is 27.1 Å². The SMILES string of the molecule is C=C1[C@](O[SiH3])(n2cnc3c(OC(C)(C)C)nc(NC(=O)OC(C)(C)C)nc32)C[C@@](C)(C(C)(C)C)[C@@]1(C)CO[Si](C)(C)C(C)(C)C. The Bertz CT molecular complexity index is 1450. The molecule has 0 aliphatic heterocycles. The maximum Gasteiger partial charge on any atom is 0.414 e. The summed E-state index contributed by atoms with van der Waals surface area (Å²) in [4.78, 5) is 26.9. The van der Waals surface area contributed by atoms with Gasteiger partial charge in [-0.25, -0.2) is 9.78 Å². The van der Waals surface area contributed by atoms with Crippen molar-refractivity contribution >= 4 is 42.0 Å². The van der Waals surface area contributed by atoms with Gasteiger partial charge in [0.15, 0.2) is 25.2 Å². The number of nitrogens with one attached hydrogen (secondary N) is 1. The Morgan fingerprint density at radius 1 is 1.02 bits per heavy atom. The van der Waals surface area contributed by atoms with Crippen molar-refractivity contribution in [2.24, 2.45) is 16.2 Å². The fraction of sp³-hybridized carbons (Fsp3) is 0.758. The average molecular weight is 662 g/mol. The molecule has 254 valence electrons. The van der Waals surface area contributed by atoms with E-state index in [2.05, 4.69) is 78.8 Å². The Kier molecular flexibility index (Phi) is 9.46. The van der Waals surface area contributed by atoms with E-state index >= 15 is 0 Å². The van der Waals surface area contributed by atoms with Gasteiger partial charge in [-0.3, -0.25) is 9.88 Å². The zero-order valence-corrected chi connectivity index (χ0v) is 34.0. The summed E-state index contributed by atoms with van der Waals surface area (Å²) >= 11 is 0. The third kappa shape index (κ3) is 6.89. The molecule has 1 amide bonds. The van der Waals surface area contributed by atoms with Crippen molar-refractivity contribution in [3.63, 3.8) is 0 Å². The van der Waals surface area contributed by atoms with Crippen LogP contribution in [0.3, 0.4) is 0 Å². The lowest BCUT2D eigenvalue weighted by Gasteiger charge is -2.51. The van der Waals surface area contributed by atoms with Crippen LogP contribution in [0.1, 0.15) is 103 Å². The maximum atomic E-state index is 12.8. The summed E-state index contributed by atoms with van der Waals surface area (Å²) < 4.78 is 27.4. The number of rotatable bonds is 7. The number of nitrogens with zero attached hydrogens (tertiary/aromatic N) is 4. The van der Waals surface area contributed by atoms with Crippen LogP contribution < -0.4 is 10.1 Å². The highest BCUT2D eigenvalue weighted by Crippen LogP contribution is 2.69. The van der Waals surface area contributed by atoms with Crippen molar-refractivity contribution in [1.29, 1.82) is 0 Å². The van der Waals surface area contributed by atoms with Crippen LogP contribution in [0.5, 0.6) is 5.88 Å². The van der Waals surface area contributed by atoms with E-state index < -0.39 is 36.8 Å². The van der Waals surface area contributed by atoms with Gasteiger partial charge in [-0.15, -0.1) is 0 Å². The Labute approximate surface area is 275 Å². The molecule has 2 heterocycles. The van der Waals surface area contributed by atoms with Gasteiger partial charge >= 0.3 is 6.09 Å². The molecular weight excluding hydrogens is 603 g/mol. The van der Waals surface area contributed by atoms with Gasteiger partial charge in [0.1, 0.15) is 21.7 Å². The van der Waals surface area contributed by atoms with E-state index in [0.717, 1.165) is 5.57 Å². The molecule has 2 aromatic rings. The van der Waals surface area contributed by atoms with Crippen molar-refractivity contribution in [2.75, 3.05) is 11.9 Å². The second-order valence-corrected chi connectivity index (χ2v) is 22.8. The van der Waals surface area contributed by atoms with Crippen LogP contribution >= 0.6 is 0 Å². The number of anilines is 1. The highest BCUT2D eigenvalue weighted by Gasteiger charge is 2.67. The number of hydrogen-bond acceptors (Lipinski definition) is 8. The Morgan fingerprint density at radius 3 is 2.07 bits per heavy atom. The van der Waals surface area contributed by atoms with Crippen molar-refractivity contribution < 1.29 is 23.1 Å². The molecule has 12 heteroatoms. The van der Waals surface area contributed by atoms with Gasteiger partial charge in [0.05, 0.1) is 6.33 Å². The van der Waals surface area contributed by atoms with Gasteiger partial charge in [-0.2, -0.15) is 9.97 Å². The molecule has 1 aliphatic carbocycles. The van der Waals surface area contributed by atoms with Crippen LogP contribution in [0, 0.1) is 16.2 Å². The van der Waals surface area contributed by atoms with Gasteiger partial charge in [0.25, 0.3) is 0 Å². The van der Waals surface area contributed by atoms with Crippen molar-refractivity contribution in [1.82, 2.24) is 19.5 Å². The summed E-state index contributed by atoms with van der Waals surface area (Å²) in [6.45, 7) is 39.3. The largest absolute Gasteiger partial charge is 0.470 e. The number of carbonyl (C=O) groups excluding carboxylic acids is 1. The first-order valence-corrected chi connectivity index (χ1v) is 19.6. The predicted octanol–water partition coefficient (Wildman–Crippen LogP) is 7.34. The molecule has 0 saturated heterocycles. The lowest BCUT2D eigenvalue weighted by Crippen LogP contribution is -2.50. The zero-order valence-electron chi connectivity index (χ0n) is 31.0. The third-order valence-electron chi connectivity index (χ3n) is 10.2. The molecule has 0 aromatic carbocycles. The molecule has 10 nitrogen and oxygen atoms in total. The smallest absolute Gasteiger partial charge is 0.414 e. The minimum absolute atomic E-state index is 0.0486. The normalized spacial score (nSPS) is 25.2. The fourth-order valence-corrected chi connectivity index (χ4v) is 7.57. The molecule has 0 unspecified atom stereocenters. The van der Waals surface area contributed by atoms with Crippen molar-refractivity contribution in [3.05, 3.63) is 18.5 Å². The molecule has 2 aromatic heterocycles. The number of amides is 1. The molecule has 1 fully saturated rings. The summed E-state index contributed by atoms with van der Waals surface area (Å²) in [6.07, 6.45) is 1.70. The molecule has 1 aliphatic rings. The molecule has 1 N–H and O–H groups in total. The molecule has 0 radical (unpaired) electrons. The molecule has 1 saturated carbocycles. The second kappa shape index (κ2) is 11.4. The van der Waals surface area contributed by atoms with E-state index in [-0.39, 0.29) is 27.7 Å². The van der Waals surface area contributed by atoms with E-state index in [1.165, 1.54) is 0 Å². The average Bonchev–Trinajstić information content (AvgIpc) is 3.33. The number of hydrogen-bond donors (Lipinski definition) is 1. The van der Waals surface area contributed by atoms with E-state index in [4.69, 9.17) is 34.9 Å². The predicted molar refractivity (Wildman–Crippen MR) is 187 cm³/mol. The van der Waals surface area contributed by atoms with E-state index in [0.29, 0.717) is 34.7 Å². The summed E-state index contributed by atoms with van der Waals surface area (Å²) in [6, 6.07) is 0. The minimum atomic E-state index is -2.09. The molecular formula is C33H59N5O5Si2. The molecule has 0 spiro atoms. The van der Waals surface area contributed by atoms with Gasteiger partial charge in [0.2, 0.25) is 11.8 Å². The first-order valence-electron chi connectivity index (χ1n) is 15.9. The zero-order chi connectivity index (χ0) is 34.8. The fourth-order valence-electron chi connectivity index (χ4n) is 5.90. The quantitative estimate of drug-likeness (QED) is 0.243. The number of aromatic nitrogens is 4. The number of fused-ring (bicyclic) bond motifs is 1. The number of ether oxygens (including phenoxy) is 2. The van der Waals surface area contributed by atoms with Gasteiger partial charge in [0, 0.05) is 18.4 Å². The third-order valence-corrected chi connectivity index (χ3v) is 15.4. The highest BCUT2D eigenvalue weighted by molar-refractivity contribution is 6.74. The Hall–Kier alpha value is -2.29. The summed E-state index contributed by atoms with van der Waals surface area (Å²) in [5.74, 6) is 0.305. The van der Waals surface area contributed by atoms with Crippen LogP contribution in [0.2, 0.25) is 18.1 Å². The van der Waals surface area contributed by atoms with Gasteiger partial charge in [-0.05, 0) is 76.1 Å².